The Hall–Kier alpha value is -0.980. The van der Waals surface area contributed by atoms with Crippen LogP contribution in [0.1, 0.15) is 112 Å². The van der Waals surface area contributed by atoms with Gasteiger partial charge in [-0.25, -0.2) is 0 Å². The first-order chi connectivity index (χ1) is 17.1. The van der Waals surface area contributed by atoms with Gasteiger partial charge in [0.25, 0.3) is 0 Å². The molecule has 3 fully saturated rings. The van der Waals surface area contributed by atoms with Crippen LogP contribution < -0.4 is 0 Å². The molecule has 212 valence electrons. The highest BCUT2D eigenvalue weighted by molar-refractivity contribution is 5.38. The first-order valence-electron chi connectivity index (χ1n) is 14.7. The van der Waals surface area contributed by atoms with Gasteiger partial charge in [0.15, 0.2) is 0 Å². The zero-order valence-corrected chi connectivity index (χ0v) is 24.0. The monoisotopic (exact) mass is 518 g/mol. The van der Waals surface area contributed by atoms with E-state index in [4.69, 9.17) is 0 Å². The summed E-state index contributed by atoms with van der Waals surface area (Å²) in [5.74, 6) is 1.53. The van der Waals surface area contributed by atoms with Crippen molar-refractivity contribution in [2.45, 2.75) is 141 Å². The Labute approximate surface area is 225 Å². The van der Waals surface area contributed by atoms with Gasteiger partial charge in [-0.3, -0.25) is 0 Å². The number of hydrogen-bond acceptors (Lipinski definition) is 5. The molecule has 0 aromatic carbocycles. The van der Waals surface area contributed by atoms with Gasteiger partial charge in [-0.05, 0) is 120 Å². The van der Waals surface area contributed by atoms with Crippen LogP contribution in [0.3, 0.4) is 0 Å². The molecular formula is C32H54O5. The molecule has 5 nitrogen and oxygen atoms in total. The van der Waals surface area contributed by atoms with Crippen molar-refractivity contribution >= 4 is 0 Å². The summed E-state index contributed by atoms with van der Waals surface area (Å²) in [6.07, 6.45) is 13.4. The number of hydrogen-bond donors (Lipinski definition) is 5. The normalized spacial score (nSPS) is 35.1. The highest BCUT2D eigenvalue weighted by Crippen LogP contribution is 2.60. The molecular weight excluding hydrogens is 464 g/mol. The second-order valence-electron chi connectivity index (χ2n) is 13.9. The smallest absolute Gasteiger partial charge is 0.0849 e. The Kier molecular flexibility index (Phi) is 9.94. The zero-order valence-electron chi connectivity index (χ0n) is 24.0. The van der Waals surface area contributed by atoms with Crippen molar-refractivity contribution in [3.8, 4) is 0 Å². The fourth-order valence-corrected chi connectivity index (χ4v) is 7.59. The lowest BCUT2D eigenvalue weighted by atomic mass is 9.60. The summed E-state index contributed by atoms with van der Waals surface area (Å²) in [5, 5.41) is 51.5. The SMILES string of the molecule is C=C1/C(=C\C=C2/CCC[C@]3(C)[C@@H]([C@H](CCCC(C)(C)O)CC[C@H](O)C(C)(C)O)CC[C@@H]23)C[C@@H](O)C[C@@H]1O. The average Bonchev–Trinajstić information content (AvgIpc) is 3.13. The van der Waals surface area contributed by atoms with Crippen molar-refractivity contribution in [3.05, 3.63) is 35.5 Å². The lowest BCUT2D eigenvalue weighted by Crippen LogP contribution is -2.39. The van der Waals surface area contributed by atoms with E-state index in [0.29, 0.717) is 37.0 Å². The Morgan fingerprint density at radius 1 is 1.05 bits per heavy atom. The number of aliphatic hydroxyl groups excluding tert-OH is 3. The predicted octanol–water partition coefficient (Wildman–Crippen LogP) is 5.60. The molecule has 0 amide bonds. The maximum atomic E-state index is 10.6. The fraction of sp³-hybridized carbons (Fsp3) is 0.812. The molecule has 0 spiro atoms. The Bertz CT molecular complexity index is 844. The number of rotatable bonds is 10. The van der Waals surface area contributed by atoms with Gasteiger partial charge in [-0.15, -0.1) is 0 Å². The van der Waals surface area contributed by atoms with Gasteiger partial charge in [0.1, 0.15) is 0 Å². The first kappa shape index (κ1) is 30.6. The molecule has 0 aliphatic heterocycles. The van der Waals surface area contributed by atoms with Crippen molar-refractivity contribution < 1.29 is 25.5 Å². The third kappa shape index (κ3) is 7.79. The van der Waals surface area contributed by atoms with Crippen molar-refractivity contribution in [1.82, 2.24) is 0 Å². The molecule has 0 aromatic rings. The molecule has 3 saturated carbocycles. The van der Waals surface area contributed by atoms with E-state index in [-0.39, 0.29) is 5.41 Å². The van der Waals surface area contributed by atoms with E-state index in [0.717, 1.165) is 49.7 Å². The lowest BCUT2D eigenvalue weighted by Gasteiger charge is -2.45. The van der Waals surface area contributed by atoms with E-state index in [9.17, 15) is 25.5 Å². The molecule has 37 heavy (non-hydrogen) atoms. The van der Waals surface area contributed by atoms with E-state index in [1.165, 1.54) is 24.8 Å². The van der Waals surface area contributed by atoms with Gasteiger partial charge in [0, 0.05) is 6.42 Å². The molecule has 0 unspecified atom stereocenters. The minimum atomic E-state index is -1.10. The quantitative estimate of drug-likeness (QED) is 0.259. The molecule has 0 heterocycles. The van der Waals surface area contributed by atoms with Crippen LogP contribution in [-0.2, 0) is 0 Å². The van der Waals surface area contributed by atoms with Crippen LogP contribution in [0.5, 0.6) is 0 Å². The molecule has 0 bridgehead atoms. The van der Waals surface area contributed by atoms with Crippen LogP contribution in [-0.4, -0.2) is 55.0 Å². The predicted molar refractivity (Wildman–Crippen MR) is 150 cm³/mol. The Morgan fingerprint density at radius 3 is 2.41 bits per heavy atom. The van der Waals surface area contributed by atoms with E-state index in [1.54, 1.807) is 13.8 Å². The second kappa shape index (κ2) is 12.0. The Morgan fingerprint density at radius 2 is 1.76 bits per heavy atom. The summed E-state index contributed by atoms with van der Waals surface area (Å²) in [6, 6.07) is 0. The van der Waals surface area contributed by atoms with E-state index in [1.807, 2.05) is 13.8 Å². The fourth-order valence-electron chi connectivity index (χ4n) is 7.59. The zero-order chi connectivity index (χ0) is 27.6. The van der Waals surface area contributed by atoms with Crippen LogP contribution in [0.25, 0.3) is 0 Å². The van der Waals surface area contributed by atoms with Crippen LogP contribution >= 0.6 is 0 Å². The maximum absolute atomic E-state index is 10.6. The van der Waals surface area contributed by atoms with Crippen LogP contribution in [0.2, 0.25) is 0 Å². The van der Waals surface area contributed by atoms with Crippen molar-refractivity contribution in [2.24, 2.45) is 23.2 Å². The molecule has 0 saturated heterocycles. The van der Waals surface area contributed by atoms with Gasteiger partial charge in [0.2, 0.25) is 0 Å². The summed E-state index contributed by atoms with van der Waals surface area (Å²) < 4.78 is 0. The highest BCUT2D eigenvalue weighted by atomic mass is 16.3. The molecule has 3 rings (SSSR count). The first-order valence-corrected chi connectivity index (χ1v) is 14.7. The lowest BCUT2D eigenvalue weighted by molar-refractivity contribution is -0.0563. The summed E-state index contributed by atoms with van der Waals surface area (Å²) in [5.41, 5.74) is 1.62. The molecule has 3 aliphatic rings. The van der Waals surface area contributed by atoms with E-state index < -0.39 is 29.5 Å². The topological polar surface area (TPSA) is 101 Å². The molecule has 0 aromatic heterocycles. The van der Waals surface area contributed by atoms with E-state index >= 15 is 0 Å². The highest BCUT2D eigenvalue weighted by Gasteiger charge is 2.51. The maximum Gasteiger partial charge on any atom is 0.0849 e. The number of aliphatic hydroxyl groups is 5. The average molecular weight is 519 g/mol. The summed E-state index contributed by atoms with van der Waals surface area (Å²) in [4.78, 5) is 0. The molecule has 3 aliphatic carbocycles. The van der Waals surface area contributed by atoms with Gasteiger partial charge in [-0.2, -0.15) is 0 Å². The van der Waals surface area contributed by atoms with Gasteiger partial charge >= 0.3 is 0 Å². The van der Waals surface area contributed by atoms with Crippen molar-refractivity contribution in [2.75, 3.05) is 0 Å². The molecule has 0 radical (unpaired) electrons. The van der Waals surface area contributed by atoms with Crippen molar-refractivity contribution in [3.63, 3.8) is 0 Å². The van der Waals surface area contributed by atoms with Gasteiger partial charge < -0.3 is 25.5 Å². The summed E-state index contributed by atoms with van der Waals surface area (Å²) in [6.45, 7) is 13.7. The third-order valence-corrected chi connectivity index (χ3v) is 9.86. The van der Waals surface area contributed by atoms with Crippen LogP contribution in [0.15, 0.2) is 35.5 Å². The minimum absolute atomic E-state index is 0.199. The molecule has 5 heteroatoms. The van der Waals surface area contributed by atoms with Crippen molar-refractivity contribution in [1.29, 1.82) is 0 Å². The summed E-state index contributed by atoms with van der Waals surface area (Å²) >= 11 is 0. The largest absolute Gasteiger partial charge is 0.393 e. The second-order valence-corrected chi connectivity index (χ2v) is 13.9. The van der Waals surface area contributed by atoms with E-state index in [2.05, 4.69) is 25.7 Å². The Balaban J connectivity index is 1.79. The van der Waals surface area contributed by atoms with Crippen LogP contribution in [0, 0.1) is 23.2 Å². The minimum Gasteiger partial charge on any atom is -0.393 e. The van der Waals surface area contributed by atoms with Crippen LogP contribution in [0.4, 0.5) is 0 Å². The standard InChI is InChI=1S/C32H54O5/c1-21-24(19-25(33)20-28(21)34)12-11-22-10-8-18-32(6)26(22)14-15-27(32)23(9-7-17-30(2,3)36)13-16-29(35)31(4,5)37/h11-12,23,25-29,33-37H,1,7-10,13-20H2,2-6H3/b22-11+,24-12-/t23-,25-,26+,27-,28+,29+,32+/m1/s1. The third-order valence-electron chi connectivity index (χ3n) is 9.86. The van der Waals surface area contributed by atoms with Gasteiger partial charge in [-0.1, -0.05) is 44.1 Å². The molecule has 5 N–H and O–H groups in total. The molecule has 7 atom stereocenters. The number of allylic oxidation sites excluding steroid dienone is 3. The summed E-state index contributed by atoms with van der Waals surface area (Å²) in [7, 11) is 0. The van der Waals surface area contributed by atoms with Gasteiger partial charge in [0.05, 0.1) is 29.5 Å². The number of fused-ring (bicyclic) bond motifs is 1.